The largest absolute Gasteiger partial charge is 0.433 e. The second kappa shape index (κ2) is 5.80. The Hall–Kier alpha value is -1.96. The molecule has 0 aliphatic carbocycles. The van der Waals surface area contributed by atoms with Crippen LogP contribution in [0.3, 0.4) is 0 Å². The van der Waals surface area contributed by atoms with Gasteiger partial charge in [0.2, 0.25) is 0 Å². The van der Waals surface area contributed by atoms with E-state index in [1.165, 1.54) is 6.07 Å². The van der Waals surface area contributed by atoms with Crippen molar-refractivity contribution >= 4 is 27.5 Å². The van der Waals surface area contributed by atoms with Gasteiger partial charge in [-0.05, 0) is 46.3 Å². The zero-order chi connectivity index (χ0) is 15.6. The van der Waals surface area contributed by atoms with Crippen molar-refractivity contribution in [1.29, 1.82) is 0 Å². The lowest BCUT2D eigenvalue weighted by molar-refractivity contribution is -0.141. The summed E-state index contributed by atoms with van der Waals surface area (Å²) < 4.78 is 50.2. The summed E-state index contributed by atoms with van der Waals surface area (Å²) in [5.74, 6) is -1.11. The van der Waals surface area contributed by atoms with Gasteiger partial charge in [-0.3, -0.25) is 4.79 Å². The second-order valence-electron chi connectivity index (χ2n) is 4.01. The number of hydrogen-bond donors (Lipinski definition) is 1. The first kappa shape index (κ1) is 15.4. The minimum absolute atomic E-state index is 0.101. The normalized spacial score (nSPS) is 11.3. The zero-order valence-electron chi connectivity index (χ0n) is 10.2. The highest BCUT2D eigenvalue weighted by Crippen LogP contribution is 2.28. The van der Waals surface area contributed by atoms with Crippen molar-refractivity contribution in [3.8, 4) is 0 Å². The van der Waals surface area contributed by atoms with Crippen LogP contribution in [0, 0.1) is 5.82 Å². The number of alkyl halides is 3. The lowest BCUT2D eigenvalue weighted by Gasteiger charge is -2.09. The summed E-state index contributed by atoms with van der Waals surface area (Å²) >= 11 is 3.03. The number of nitrogens with zero attached hydrogens (tertiary/aromatic N) is 1. The number of amides is 1. The summed E-state index contributed by atoms with van der Waals surface area (Å²) in [6, 6.07) is 5.32. The van der Waals surface area contributed by atoms with Gasteiger partial charge in [-0.25, -0.2) is 9.37 Å². The molecule has 0 bridgehead atoms. The van der Waals surface area contributed by atoms with Gasteiger partial charge in [-0.2, -0.15) is 13.2 Å². The van der Waals surface area contributed by atoms with Gasteiger partial charge < -0.3 is 5.32 Å². The number of hydrogen-bond acceptors (Lipinski definition) is 2. The highest BCUT2D eigenvalue weighted by molar-refractivity contribution is 9.10. The van der Waals surface area contributed by atoms with Gasteiger partial charge in [-0.15, -0.1) is 0 Å². The molecule has 2 aromatic rings. The van der Waals surface area contributed by atoms with Crippen LogP contribution in [0.25, 0.3) is 0 Å². The highest BCUT2D eigenvalue weighted by Gasteiger charge is 2.32. The van der Waals surface area contributed by atoms with Crippen LogP contribution in [0.4, 0.5) is 23.2 Å². The minimum atomic E-state index is -4.54. The van der Waals surface area contributed by atoms with Crippen LogP contribution < -0.4 is 5.32 Å². The summed E-state index contributed by atoms with van der Waals surface area (Å²) in [6.07, 6.45) is -3.64. The van der Waals surface area contributed by atoms with E-state index >= 15 is 0 Å². The van der Waals surface area contributed by atoms with Crippen LogP contribution in [0.2, 0.25) is 0 Å². The van der Waals surface area contributed by atoms with E-state index in [0.717, 1.165) is 30.5 Å². The molecule has 0 radical (unpaired) electrons. The molecule has 0 aliphatic rings. The van der Waals surface area contributed by atoms with Crippen LogP contribution in [-0.2, 0) is 6.18 Å². The quantitative estimate of drug-likeness (QED) is 0.811. The summed E-state index contributed by atoms with van der Waals surface area (Å²) in [5.41, 5.74) is -0.802. The molecular formula is C13H7BrF4N2O. The van der Waals surface area contributed by atoms with Gasteiger partial charge in [0.1, 0.15) is 11.5 Å². The van der Waals surface area contributed by atoms with Crippen LogP contribution in [0.15, 0.2) is 41.0 Å². The first-order chi connectivity index (χ1) is 9.77. The first-order valence-corrected chi connectivity index (χ1v) is 6.36. The molecule has 0 atom stereocenters. The molecule has 1 aromatic carbocycles. The molecule has 3 nitrogen and oxygen atoms in total. The molecule has 0 aliphatic heterocycles. The molecule has 2 rings (SSSR count). The lowest BCUT2D eigenvalue weighted by Crippen LogP contribution is -2.14. The van der Waals surface area contributed by atoms with E-state index in [1.807, 2.05) is 0 Å². The van der Waals surface area contributed by atoms with E-state index in [9.17, 15) is 22.4 Å². The number of carbonyl (C=O) groups excluding carboxylic acids is 1. The number of carbonyl (C=O) groups is 1. The number of pyridine rings is 1. The van der Waals surface area contributed by atoms with E-state index in [2.05, 4.69) is 26.2 Å². The fourth-order valence-corrected chi connectivity index (χ4v) is 2.04. The molecule has 1 heterocycles. The zero-order valence-corrected chi connectivity index (χ0v) is 11.8. The third-order valence-corrected chi connectivity index (χ3v) is 3.14. The smallest absolute Gasteiger partial charge is 0.321 e. The van der Waals surface area contributed by atoms with Crippen LogP contribution in [-0.4, -0.2) is 10.9 Å². The summed E-state index contributed by atoms with van der Waals surface area (Å²) in [4.78, 5) is 15.1. The molecule has 0 spiro atoms. The Bertz CT molecular complexity index is 671. The van der Waals surface area contributed by atoms with Crippen molar-refractivity contribution in [1.82, 2.24) is 4.98 Å². The van der Waals surface area contributed by atoms with Gasteiger partial charge >= 0.3 is 6.18 Å². The third-order valence-electron chi connectivity index (χ3n) is 2.49. The Balaban J connectivity index is 2.16. The first-order valence-electron chi connectivity index (χ1n) is 5.57. The summed E-state index contributed by atoms with van der Waals surface area (Å²) in [6.45, 7) is 0. The number of nitrogens with one attached hydrogen (secondary N) is 1. The van der Waals surface area contributed by atoms with Crippen molar-refractivity contribution in [2.24, 2.45) is 0 Å². The van der Waals surface area contributed by atoms with Crippen LogP contribution >= 0.6 is 15.9 Å². The molecule has 0 saturated carbocycles. The van der Waals surface area contributed by atoms with E-state index in [1.54, 1.807) is 0 Å². The van der Waals surface area contributed by atoms with Crippen molar-refractivity contribution in [2.75, 3.05) is 5.32 Å². The topological polar surface area (TPSA) is 42.0 Å². The van der Waals surface area contributed by atoms with Crippen LogP contribution in [0.5, 0.6) is 0 Å². The maximum atomic E-state index is 12.9. The molecule has 1 aromatic heterocycles. The standard InChI is InChI=1S/C13H7BrF4N2O/c14-10-5-7(15)1-3-9(10)12(21)20-8-2-4-11(19-6-8)13(16,17)18/h1-6H,(H,20,21). The Morgan fingerprint density at radius 3 is 2.43 bits per heavy atom. The predicted molar refractivity (Wildman–Crippen MR) is 71.3 cm³/mol. The molecule has 8 heteroatoms. The summed E-state index contributed by atoms with van der Waals surface area (Å²) in [7, 11) is 0. The van der Waals surface area contributed by atoms with Gasteiger partial charge in [0.15, 0.2) is 0 Å². The number of halogens is 5. The molecule has 0 unspecified atom stereocenters. The number of anilines is 1. The van der Waals surface area contributed by atoms with E-state index in [-0.39, 0.29) is 15.7 Å². The molecule has 1 N–H and O–H groups in total. The van der Waals surface area contributed by atoms with Crippen molar-refractivity contribution < 1.29 is 22.4 Å². The van der Waals surface area contributed by atoms with Crippen molar-refractivity contribution in [2.45, 2.75) is 6.18 Å². The van der Waals surface area contributed by atoms with Crippen LogP contribution in [0.1, 0.15) is 16.1 Å². The fourth-order valence-electron chi connectivity index (χ4n) is 1.51. The molecule has 0 fully saturated rings. The Kier molecular flexibility index (Phi) is 4.26. The number of rotatable bonds is 2. The fraction of sp³-hybridized carbons (Fsp3) is 0.0769. The maximum Gasteiger partial charge on any atom is 0.433 e. The minimum Gasteiger partial charge on any atom is -0.321 e. The van der Waals surface area contributed by atoms with Gasteiger partial charge in [0, 0.05) is 4.47 Å². The van der Waals surface area contributed by atoms with E-state index in [0.29, 0.717) is 0 Å². The molecular weight excluding hydrogens is 356 g/mol. The number of aromatic nitrogens is 1. The average molecular weight is 363 g/mol. The van der Waals surface area contributed by atoms with E-state index < -0.39 is 23.6 Å². The monoisotopic (exact) mass is 362 g/mol. The van der Waals surface area contributed by atoms with Gasteiger partial charge in [-0.1, -0.05) is 0 Å². The van der Waals surface area contributed by atoms with Crippen molar-refractivity contribution in [3.05, 3.63) is 58.1 Å². The second-order valence-corrected chi connectivity index (χ2v) is 4.86. The molecule has 21 heavy (non-hydrogen) atoms. The van der Waals surface area contributed by atoms with Crippen molar-refractivity contribution in [3.63, 3.8) is 0 Å². The maximum absolute atomic E-state index is 12.9. The lowest BCUT2D eigenvalue weighted by atomic mass is 10.2. The summed E-state index contributed by atoms with van der Waals surface area (Å²) in [5, 5.41) is 2.38. The SMILES string of the molecule is O=C(Nc1ccc(C(F)(F)F)nc1)c1ccc(F)cc1Br. The molecule has 1 amide bonds. The Labute approximate surface area is 125 Å². The third kappa shape index (κ3) is 3.78. The average Bonchev–Trinajstić information content (AvgIpc) is 2.38. The Morgan fingerprint density at radius 1 is 1.19 bits per heavy atom. The number of benzene rings is 1. The highest BCUT2D eigenvalue weighted by atomic mass is 79.9. The van der Waals surface area contributed by atoms with Gasteiger partial charge in [0.05, 0.1) is 17.4 Å². The Morgan fingerprint density at radius 2 is 1.90 bits per heavy atom. The molecule has 0 saturated heterocycles. The predicted octanol–water partition coefficient (Wildman–Crippen LogP) is 4.25. The van der Waals surface area contributed by atoms with E-state index in [4.69, 9.17) is 0 Å². The van der Waals surface area contributed by atoms with Gasteiger partial charge in [0.25, 0.3) is 5.91 Å². The molecule has 110 valence electrons.